The van der Waals surface area contributed by atoms with Crippen LogP contribution in [-0.2, 0) is 11.3 Å². The van der Waals surface area contributed by atoms with Gasteiger partial charge in [0.2, 0.25) is 5.91 Å². The number of thioether (sulfide) groups is 1. The van der Waals surface area contributed by atoms with Crippen LogP contribution in [0.25, 0.3) is 0 Å². The van der Waals surface area contributed by atoms with Crippen molar-refractivity contribution in [2.75, 3.05) is 39.2 Å². The van der Waals surface area contributed by atoms with Crippen molar-refractivity contribution in [1.82, 2.24) is 15.5 Å². The van der Waals surface area contributed by atoms with Gasteiger partial charge in [-0.25, -0.2) is 4.99 Å². The van der Waals surface area contributed by atoms with Crippen molar-refractivity contribution in [2.45, 2.75) is 6.54 Å². The van der Waals surface area contributed by atoms with E-state index in [9.17, 15) is 4.79 Å². The van der Waals surface area contributed by atoms with Crippen LogP contribution in [0.5, 0.6) is 0 Å². The number of halogens is 1. The Morgan fingerprint density at radius 1 is 1.43 bits per heavy atom. The first-order valence-corrected chi connectivity index (χ1v) is 8.64. The van der Waals surface area contributed by atoms with E-state index in [1.807, 2.05) is 11.4 Å². The summed E-state index contributed by atoms with van der Waals surface area (Å²) in [5.41, 5.74) is 0. The Hall–Kier alpha value is -0.480. The van der Waals surface area contributed by atoms with E-state index in [-0.39, 0.29) is 36.4 Å². The second kappa shape index (κ2) is 12.1. The molecule has 1 rings (SSSR count). The molecule has 1 aromatic heterocycles. The fourth-order valence-corrected chi connectivity index (χ4v) is 2.27. The van der Waals surface area contributed by atoms with E-state index in [1.54, 1.807) is 42.1 Å². The van der Waals surface area contributed by atoms with Crippen molar-refractivity contribution < 1.29 is 4.79 Å². The Kier molecular flexibility index (Phi) is 11.8. The highest BCUT2D eigenvalue weighted by Crippen LogP contribution is 2.07. The number of thiophene rings is 1. The van der Waals surface area contributed by atoms with E-state index in [4.69, 9.17) is 0 Å². The van der Waals surface area contributed by atoms with E-state index >= 15 is 0 Å². The summed E-state index contributed by atoms with van der Waals surface area (Å²) in [4.78, 5) is 18.7. The standard InChI is InChI=1S/C13H22N4OS2.HI/c1-17(2)12(18)10-16-13(14-6-8-19-3)15-9-11-5-4-7-20-11;/h4-5,7H,6,8-10H2,1-3H3,(H2,14,15,16);1H. The van der Waals surface area contributed by atoms with Crippen molar-refractivity contribution in [3.8, 4) is 0 Å². The summed E-state index contributed by atoms with van der Waals surface area (Å²) < 4.78 is 0. The fraction of sp³-hybridized carbons (Fsp3) is 0.538. The maximum Gasteiger partial charge on any atom is 0.243 e. The predicted octanol–water partition coefficient (Wildman–Crippen LogP) is 1.85. The average Bonchev–Trinajstić information content (AvgIpc) is 2.94. The van der Waals surface area contributed by atoms with E-state index in [2.05, 4.69) is 27.9 Å². The molecule has 21 heavy (non-hydrogen) atoms. The lowest BCUT2D eigenvalue weighted by molar-refractivity contribution is -0.127. The second-order valence-corrected chi connectivity index (χ2v) is 6.32. The highest BCUT2D eigenvalue weighted by Gasteiger charge is 2.04. The monoisotopic (exact) mass is 442 g/mol. The van der Waals surface area contributed by atoms with Gasteiger partial charge in [0.05, 0.1) is 6.54 Å². The third-order valence-corrected chi connectivity index (χ3v) is 3.97. The van der Waals surface area contributed by atoms with Gasteiger partial charge in [-0.1, -0.05) is 6.07 Å². The molecule has 0 aliphatic carbocycles. The summed E-state index contributed by atoms with van der Waals surface area (Å²) >= 11 is 3.47. The highest BCUT2D eigenvalue weighted by atomic mass is 127. The van der Waals surface area contributed by atoms with Gasteiger partial charge in [0.25, 0.3) is 0 Å². The molecular weight excluding hydrogens is 419 g/mol. The number of likely N-dealkylation sites (N-methyl/N-ethyl adjacent to an activating group) is 1. The zero-order chi connectivity index (χ0) is 14.8. The Morgan fingerprint density at radius 2 is 2.19 bits per heavy atom. The predicted molar refractivity (Wildman–Crippen MR) is 104 cm³/mol. The lowest BCUT2D eigenvalue weighted by Gasteiger charge is -2.13. The van der Waals surface area contributed by atoms with E-state index in [0.29, 0.717) is 5.96 Å². The molecule has 0 unspecified atom stereocenters. The third-order valence-electron chi connectivity index (χ3n) is 2.48. The first-order chi connectivity index (χ1) is 9.63. The van der Waals surface area contributed by atoms with Gasteiger partial charge in [0.15, 0.2) is 5.96 Å². The maximum absolute atomic E-state index is 11.6. The summed E-state index contributed by atoms with van der Waals surface area (Å²) in [6.07, 6.45) is 2.06. The molecule has 0 aliphatic rings. The van der Waals surface area contributed by atoms with Crippen LogP contribution in [0.4, 0.5) is 0 Å². The van der Waals surface area contributed by atoms with E-state index < -0.39 is 0 Å². The first kappa shape index (κ1) is 20.5. The van der Waals surface area contributed by atoms with Gasteiger partial charge in [0, 0.05) is 31.3 Å². The summed E-state index contributed by atoms with van der Waals surface area (Å²) in [6, 6.07) is 4.09. The highest BCUT2D eigenvalue weighted by molar-refractivity contribution is 14.0. The van der Waals surface area contributed by atoms with Gasteiger partial charge in [-0.05, 0) is 17.7 Å². The normalized spacial score (nSPS) is 10.7. The fourth-order valence-electron chi connectivity index (χ4n) is 1.32. The molecule has 1 amide bonds. The number of carbonyl (C=O) groups excluding carboxylic acids is 1. The van der Waals surface area contributed by atoms with Crippen molar-refractivity contribution >= 4 is 58.9 Å². The molecule has 1 heterocycles. The van der Waals surface area contributed by atoms with Crippen molar-refractivity contribution in [1.29, 1.82) is 0 Å². The first-order valence-electron chi connectivity index (χ1n) is 6.37. The number of rotatable bonds is 7. The minimum absolute atomic E-state index is 0. The van der Waals surface area contributed by atoms with Crippen molar-refractivity contribution in [3.63, 3.8) is 0 Å². The maximum atomic E-state index is 11.6. The van der Waals surface area contributed by atoms with Crippen LogP contribution in [0.15, 0.2) is 22.5 Å². The Balaban J connectivity index is 0.00000400. The molecule has 0 saturated heterocycles. The number of aliphatic imine (C=N–C) groups is 1. The van der Waals surface area contributed by atoms with Crippen LogP contribution in [0.1, 0.15) is 4.88 Å². The summed E-state index contributed by atoms with van der Waals surface area (Å²) in [5.74, 6) is 1.68. The molecular formula is C13H23IN4OS2. The summed E-state index contributed by atoms with van der Waals surface area (Å²) in [7, 11) is 3.47. The van der Waals surface area contributed by atoms with E-state index in [1.165, 1.54) is 4.88 Å². The second-order valence-electron chi connectivity index (χ2n) is 4.31. The Morgan fingerprint density at radius 3 is 2.76 bits per heavy atom. The van der Waals surface area contributed by atoms with Crippen LogP contribution in [0.2, 0.25) is 0 Å². The lowest BCUT2D eigenvalue weighted by atomic mass is 10.4. The number of carbonyl (C=O) groups is 1. The molecule has 0 aliphatic heterocycles. The SMILES string of the molecule is CSCCNC(=NCC(=O)N(C)C)NCc1cccs1.I. The van der Waals surface area contributed by atoms with Crippen LogP contribution >= 0.6 is 47.1 Å². The zero-order valence-corrected chi connectivity index (χ0v) is 16.6. The van der Waals surface area contributed by atoms with Gasteiger partial charge < -0.3 is 15.5 Å². The molecule has 0 spiro atoms. The Labute approximate surface area is 152 Å². The van der Waals surface area contributed by atoms with Crippen LogP contribution < -0.4 is 10.6 Å². The average molecular weight is 442 g/mol. The van der Waals surface area contributed by atoms with Crippen LogP contribution in [-0.4, -0.2) is 56.0 Å². The van der Waals surface area contributed by atoms with Crippen LogP contribution in [0, 0.1) is 0 Å². The van der Waals surface area contributed by atoms with Crippen molar-refractivity contribution in [3.05, 3.63) is 22.4 Å². The molecule has 0 fully saturated rings. The molecule has 5 nitrogen and oxygen atoms in total. The molecule has 0 saturated carbocycles. The van der Waals surface area contributed by atoms with Gasteiger partial charge in [-0.3, -0.25) is 4.79 Å². The summed E-state index contributed by atoms with van der Waals surface area (Å²) in [6.45, 7) is 1.71. The minimum Gasteiger partial charge on any atom is -0.356 e. The minimum atomic E-state index is -0.00732. The number of guanidine groups is 1. The van der Waals surface area contributed by atoms with Gasteiger partial charge in [-0.15, -0.1) is 35.3 Å². The molecule has 0 aromatic carbocycles. The molecule has 0 atom stereocenters. The lowest BCUT2D eigenvalue weighted by Crippen LogP contribution is -2.39. The number of nitrogens with zero attached hydrogens (tertiary/aromatic N) is 2. The Bertz CT molecular complexity index is 424. The quantitative estimate of drug-likeness (QED) is 0.293. The number of amides is 1. The molecule has 0 bridgehead atoms. The smallest absolute Gasteiger partial charge is 0.243 e. The number of hydrogen-bond acceptors (Lipinski definition) is 4. The van der Waals surface area contributed by atoms with Crippen molar-refractivity contribution in [2.24, 2.45) is 4.99 Å². The number of hydrogen-bond donors (Lipinski definition) is 2. The topological polar surface area (TPSA) is 56.7 Å². The summed E-state index contributed by atoms with van der Waals surface area (Å²) in [5, 5.41) is 8.52. The molecule has 2 N–H and O–H groups in total. The largest absolute Gasteiger partial charge is 0.356 e. The molecule has 8 heteroatoms. The van der Waals surface area contributed by atoms with Gasteiger partial charge >= 0.3 is 0 Å². The van der Waals surface area contributed by atoms with Crippen LogP contribution in [0.3, 0.4) is 0 Å². The molecule has 0 radical (unpaired) electrons. The van der Waals surface area contributed by atoms with Gasteiger partial charge in [0.1, 0.15) is 6.54 Å². The van der Waals surface area contributed by atoms with Gasteiger partial charge in [-0.2, -0.15) is 11.8 Å². The molecule has 1 aromatic rings. The zero-order valence-electron chi connectivity index (χ0n) is 12.6. The number of nitrogens with one attached hydrogen (secondary N) is 2. The van der Waals surface area contributed by atoms with E-state index in [0.717, 1.165) is 18.8 Å². The third kappa shape index (κ3) is 9.20. The molecule has 120 valence electrons.